The maximum absolute atomic E-state index is 10.1. The zero-order chi connectivity index (χ0) is 13.7. The average molecular weight is 264 g/mol. The van der Waals surface area contributed by atoms with Crippen molar-refractivity contribution < 1.29 is 10.2 Å². The summed E-state index contributed by atoms with van der Waals surface area (Å²) in [6.45, 7) is 6.83. The van der Waals surface area contributed by atoms with Gasteiger partial charge in [0.15, 0.2) is 0 Å². The minimum absolute atomic E-state index is 0.227. The monoisotopic (exact) mass is 264 g/mol. The van der Waals surface area contributed by atoms with Crippen LogP contribution in [0, 0.1) is 0 Å². The lowest BCUT2D eigenvalue weighted by atomic mass is 10.0. The van der Waals surface area contributed by atoms with Crippen molar-refractivity contribution in [1.82, 2.24) is 4.90 Å². The molecule has 0 aromatic heterocycles. The van der Waals surface area contributed by atoms with E-state index in [2.05, 4.69) is 15.9 Å². The predicted molar refractivity (Wildman–Crippen MR) is 77.4 cm³/mol. The minimum Gasteiger partial charge on any atom is -0.395 e. The lowest BCUT2D eigenvalue weighted by molar-refractivity contribution is 0.172. The number of nitrogens with zero attached hydrogens (tertiary/aromatic N) is 2. The molecule has 1 aromatic carbocycles. The van der Waals surface area contributed by atoms with Gasteiger partial charge in [0.05, 0.1) is 12.7 Å². The molecular weight excluding hydrogens is 240 g/mol. The summed E-state index contributed by atoms with van der Waals surface area (Å²) in [6, 6.07) is 8.13. The SMILES string of the molecule is CC[C@@H](O)c1ccccc1N1CCN(CCO)CC1. The van der Waals surface area contributed by atoms with Gasteiger partial charge in [-0.15, -0.1) is 0 Å². The van der Waals surface area contributed by atoms with Gasteiger partial charge < -0.3 is 15.1 Å². The summed E-state index contributed by atoms with van der Waals surface area (Å²) in [5.74, 6) is 0. The van der Waals surface area contributed by atoms with Crippen LogP contribution in [0.2, 0.25) is 0 Å². The first-order valence-corrected chi connectivity index (χ1v) is 7.11. The molecule has 0 amide bonds. The Morgan fingerprint density at radius 2 is 1.84 bits per heavy atom. The molecule has 0 aliphatic carbocycles. The van der Waals surface area contributed by atoms with Crippen molar-refractivity contribution in [3.8, 4) is 0 Å². The summed E-state index contributed by atoms with van der Waals surface area (Å²) in [6.07, 6.45) is 0.355. The van der Waals surface area contributed by atoms with Crippen LogP contribution in [0.3, 0.4) is 0 Å². The molecule has 1 atom stereocenters. The largest absolute Gasteiger partial charge is 0.395 e. The average Bonchev–Trinajstić information content (AvgIpc) is 2.47. The maximum atomic E-state index is 10.1. The highest BCUT2D eigenvalue weighted by Crippen LogP contribution is 2.28. The number of aliphatic hydroxyl groups excluding tert-OH is 2. The van der Waals surface area contributed by atoms with Gasteiger partial charge in [0.2, 0.25) is 0 Å². The second-order valence-corrected chi connectivity index (χ2v) is 5.04. The Hall–Kier alpha value is -1.10. The summed E-state index contributed by atoms with van der Waals surface area (Å²) in [5.41, 5.74) is 2.18. The molecule has 0 bridgehead atoms. The maximum Gasteiger partial charge on any atom is 0.0807 e. The fourth-order valence-corrected chi connectivity index (χ4v) is 2.63. The Bertz CT molecular complexity index is 389. The molecule has 4 nitrogen and oxygen atoms in total. The number of benzene rings is 1. The number of rotatable bonds is 5. The van der Waals surface area contributed by atoms with Crippen LogP contribution in [0.15, 0.2) is 24.3 Å². The molecule has 1 aliphatic rings. The van der Waals surface area contributed by atoms with Gasteiger partial charge in [-0.1, -0.05) is 25.1 Å². The quantitative estimate of drug-likeness (QED) is 0.840. The summed E-state index contributed by atoms with van der Waals surface area (Å²) >= 11 is 0. The first-order valence-electron chi connectivity index (χ1n) is 7.11. The van der Waals surface area contributed by atoms with Crippen LogP contribution in [0.25, 0.3) is 0 Å². The Balaban J connectivity index is 2.07. The van der Waals surface area contributed by atoms with Gasteiger partial charge in [-0.05, 0) is 12.5 Å². The molecule has 0 radical (unpaired) electrons. The molecule has 1 fully saturated rings. The standard InChI is InChI=1S/C15H24N2O2/c1-2-15(19)13-5-3-4-6-14(13)17-9-7-16(8-10-17)11-12-18/h3-6,15,18-19H,2,7-12H2,1H3/t15-/m1/s1. The van der Waals surface area contributed by atoms with Crippen molar-refractivity contribution in [2.45, 2.75) is 19.4 Å². The molecule has 0 unspecified atom stereocenters. The molecule has 106 valence electrons. The van der Waals surface area contributed by atoms with E-state index >= 15 is 0 Å². The number of β-amino-alcohol motifs (C(OH)–C–C–N with tert-alkyl or cyclic N) is 1. The van der Waals surface area contributed by atoms with Crippen molar-refractivity contribution in [3.63, 3.8) is 0 Å². The van der Waals surface area contributed by atoms with Crippen LogP contribution in [0.4, 0.5) is 5.69 Å². The van der Waals surface area contributed by atoms with E-state index in [1.165, 1.54) is 0 Å². The second kappa shape index (κ2) is 6.89. The van der Waals surface area contributed by atoms with Crippen molar-refractivity contribution in [2.75, 3.05) is 44.2 Å². The Morgan fingerprint density at radius 3 is 2.47 bits per heavy atom. The Kier molecular flexibility index (Phi) is 5.19. The molecule has 19 heavy (non-hydrogen) atoms. The van der Waals surface area contributed by atoms with Crippen molar-refractivity contribution >= 4 is 5.69 Å². The van der Waals surface area contributed by atoms with Gasteiger partial charge in [-0.3, -0.25) is 4.90 Å². The van der Waals surface area contributed by atoms with Gasteiger partial charge in [-0.25, -0.2) is 0 Å². The molecule has 1 aromatic rings. The van der Waals surface area contributed by atoms with Crippen LogP contribution in [0.5, 0.6) is 0 Å². The number of hydrogen-bond donors (Lipinski definition) is 2. The molecule has 1 heterocycles. The first-order chi connectivity index (χ1) is 9.26. The van der Waals surface area contributed by atoms with E-state index < -0.39 is 0 Å². The van der Waals surface area contributed by atoms with Gasteiger partial charge in [-0.2, -0.15) is 0 Å². The van der Waals surface area contributed by atoms with Crippen LogP contribution in [0.1, 0.15) is 25.0 Å². The number of para-hydroxylation sites is 1. The minimum atomic E-state index is -0.383. The van der Waals surface area contributed by atoms with E-state index in [1.54, 1.807) is 0 Å². The highest BCUT2D eigenvalue weighted by atomic mass is 16.3. The Labute approximate surface area is 115 Å². The number of piperazine rings is 1. The lowest BCUT2D eigenvalue weighted by Crippen LogP contribution is -2.47. The van der Waals surface area contributed by atoms with Crippen LogP contribution >= 0.6 is 0 Å². The predicted octanol–water partition coefficient (Wildman–Crippen LogP) is 1.24. The lowest BCUT2D eigenvalue weighted by Gasteiger charge is -2.37. The highest BCUT2D eigenvalue weighted by Gasteiger charge is 2.20. The van der Waals surface area contributed by atoms with E-state index in [0.29, 0.717) is 0 Å². The molecule has 1 aliphatic heterocycles. The van der Waals surface area contributed by atoms with Crippen molar-refractivity contribution in [3.05, 3.63) is 29.8 Å². The summed E-state index contributed by atoms with van der Waals surface area (Å²) < 4.78 is 0. The third-order valence-corrected chi connectivity index (χ3v) is 3.81. The summed E-state index contributed by atoms with van der Waals surface area (Å²) in [4.78, 5) is 4.61. The topological polar surface area (TPSA) is 46.9 Å². The normalized spacial score (nSPS) is 18.6. The zero-order valence-electron chi connectivity index (χ0n) is 11.6. The van der Waals surface area contributed by atoms with Gasteiger partial charge in [0.25, 0.3) is 0 Å². The van der Waals surface area contributed by atoms with E-state index in [4.69, 9.17) is 5.11 Å². The summed E-state index contributed by atoms with van der Waals surface area (Å²) in [5, 5.41) is 19.1. The van der Waals surface area contributed by atoms with Crippen LogP contribution < -0.4 is 4.90 Å². The van der Waals surface area contributed by atoms with E-state index in [1.807, 2.05) is 25.1 Å². The number of anilines is 1. The van der Waals surface area contributed by atoms with Gasteiger partial charge in [0, 0.05) is 44.0 Å². The summed E-state index contributed by atoms with van der Waals surface area (Å²) in [7, 11) is 0. The molecule has 2 N–H and O–H groups in total. The van der Waals surface area contributed by atoms with E-state index in [0.717, 1.165) is 50.4 Å². The molecule has 0 spiro atoms. The van der Waals surface area contributed by atoms with Gasteiger partial charge >= 0.3 is 0 Å². The first kappa shape index (κ1) is 14.3. The van der Waals surface area contributed by atoms with Crippen molar-refractivity contribution in [2.24, 2.45) is 0 Å². The third kappa shape index (κ3) is 3.47. The molecule has 2 rings (SSSR count). The highest BCUT2D eigenvalue weighted by molar-refractivity contribution is 5.55. The second-order valence-electron chi connectivity index (χ2n) is 5.04. The molecule has 1 saturated heterocycles. The zero-order valence-corrected chi connectivity index (χ0v) is 11.6. The Morgan fingerprint density at radius 1 is 1.16 bits per heavy atom. The number of hydrogen-bond acceptors (Lipinski definition) is 4. The van der Waals surface area contributed by atoms with Crippen LogP contribution in [-0.4, -0.2) is 54.4 Å². The fourth-order valence-electron chi connectivity index (χ4n) is 2.63. The van der Waals surface area contributed by atoms with Crippen molar-refractivity contribution in [1.29, 1.82) is 0 Å². The molecular formula is C15H24N2O2. The third-order valence-electron chi connectivity index (χ3n) is 3.81. The number of aliphatic hydroxyl groups is 2. The van der Waals surface area contributed by atoms with E-state index in [9.17, 15) is 5.11 Å². The van der Waals surface area contributed by atoms with Gasteiger partial charge in [0.1, 0.15) is 0 Å². The molecule has 0 saturated carbocycles. The fraction of sp³-hybridized carbons (Fsp3) is 0.600. The molecule has 4 heteroatoms. The van der Waals surface area contributed by atoms with Crippen LogP contribution in [-0.2, 0) is 0 Å². The van der Waals surface area contributed by atoms with E-state index in [-0.39, 0.29) is 12.7 Å². The smallest absolute Gasteiger partial charge is 0.0807 e.